The fourth-order valence-corrected chi connectivity index (χ4v) is 3.63. The van der Waals surface area contributed by atoms with E-state index in [0.29, 0.717) is 17.5 Å². The van der Waals surface area contributed by atoms with E-state index in [4.69, 9.17) is 0 Å². The highest BCUT2D eigenvalue weighted by molar-refractivity contribution is 5.92. The summed E-state index contributed by atoms with van der Waals surface area (Å²) in [7, 11) is 0. The third-order valence-corrected chi connectivity index (χ3v) is 4.57. The first-order chi connectivity index (χ1) is 10.0. The van der Waals surface area contributed by atoms with Crippen LogP contribution >= 0.6 is 0 Å². The molecule has 21 heavy (non-hydrogen) atoms. The van der Waals surface area contributed by atoms with Gasteiger partial charge in [0.25, 0.3) is 5.91 Å². The van der Waals surface area contributed by atoms with Gasteiger partial charge in [-0.3, -0.25) is 14.7 Å². The van der Waals surface area contributed by atoms with Crippen molar-refractivity contribution in [2.45, 2.75) is 32.7 Å². The third kappa shape index (κ3) is 2.80. The fraction of sp³-hybridized carbons (Fsp3) is 0.667. The number of likely N-dealkylation sites (tertiary alicyclic amines) is 1. The summed E-state index contributed by atoms with van der Waals surface area (Å²) in [5.74, 6) is 1.22. The minimum absolute atomic E-state index is 0.0186. The van der Waals surface area contributed by atoms with Crippen LogP contribution in [0.5, 0.6) is 0 Å². The van der Waals surface area contributed by atoms with E-state index in [0.717, 1.165) is 25.9 Å². The molecule has 1 saturated carbocycles. The molecule has 3 rings (SSSR count). The molecule has 1 aliphatic heterocycles. The maximum Gasteiger partial charge on any atom is 0.271 e. The van der Waals surface area contributed by atoms with Crippen molar-refractivity contribution in [1.29, 1.82) is 0 Å². The van der Waals surface area contributed by atoms with Gasteiger partial charge >= 0.3 is 0 Å². The zero-order chi connectivity index (χ0) is 15.0. The molecule has 2 N–H and O–H groups in total. The Morgan fingerprint density at radius 3 is 2.52 bits per heavy atom. The summed E-state index contributed by atoms with van der Waals surface area (Å²) in [6, 6.07) is 1.89. The first kappa shape index (κ1) is 14.1. The lowest BCUT2D eigenvalue weighted by atomic mass is 10.0. The van der Waals surface area contributed by atoms with Crippen LogP contribution in [-0.4, -0.2) is 46.0 Å². The van der Waals surface area contributed by atoms with Gasteiger partial charge in [0, 0.05) is 31.2 Å². The average Bonchev–Trinajstić information content (AvgIpc) is 3.12. The Morgan fingerprint density at radius 2 is 2.00 bits per heavy atom. The lowest BCUT2D eigenvalue weighted by Crippen LogP contribution is -2.36. The maximum absolute atomic E-state index is 12.3. The van der Waals surface area contributed by atoms with Crippen molar-refractivity contribution in [2.75, 3.05) is 13.1 Å². The molecule has 1 aromatic heterocycles. The van der Waals surface area contributed by atoms with Crippen LogP contribution in [0.1, 0.15) is 37.2 Å². The Morgan fingerprint density at radius 1 is 1.33 bits per heavy atom. The van der Waals surface area contributed by atoms with Crippen molar-refractivity contribution in [2.24, 2.45) is 17.8 Å². The van der Waals surface area contributed by atoms with Gasteiger partial charge < -0.3 is 10.2 Å². The van der Waals surface area contributed by atoms with Gasteiger partial charge in [0.15, 0.2) is 0 Å². The summed E-state index contributed by atoms with van der Waals surface area (Å²) in [6.07, 6.45) is 3.39. The second-order valence-corrected chi connectivity index (χ2v) is 6.53. The quantitative estimate of drug-likeness (QED) is 0.873. The van der Waals surface area contributed by atoms with Gasteiger partial charge in [-0.2, -0.15) is 5.10 Å². The summed E-state index contributed by atoms with van der Waals surface area (Å²) in [6.45, 7) is 5.49. The molecule has 1 aromatic rings. The molecule has 0 aromatic carbocycles. The number of hydrogen-bond donors (Lipinski definition) is 2. The number of nitrogens with zero attached hydrogens (tertiary/aromatic N) is 2. The molecule has 6 heteroatoms. The van der Waals surface area contributed by atoms with Crippen LogP contribution in [0.2, 0.25) is 0 Å². The zero-order valence-electron chi connectivity index (χ0n) is 12.5. The number of carbonyl (C=O) groups excluding carboxylic acids is 2. The number of rotatable bonds is 3. The molecule has 0 bridgehead atoms. The van der Waals surface area contributed by atoms with Gasteiger partial charge in [-0.25, -0.2) is 0 Å². The number of amides is 2. The molecule has 2 aliphatic rings. The number of carbonyl (C=O) groups is 2. The topological polar surface area (TPSA) is 78.1 Å². The van der Waals surface area contributed by atoms with Crippen molar-refractivity contribution in [1.82, 2.24) is 20.4 Å². The van der Waals surface area contributed by atoms with E-state index in [9.17, 15) is 9.59 Å². The Kier molecular flexibility index (Phi) is 3.69. The average molecular weight is 290 g/mol. The summed E-state index contributed by atoms with van der Waals surface area (Å²) in [5.41, 5.74) is 0.545. The van der Waals surface area contributed by atoms with E-state index in [-0.39, 0.29) is 23.8 Å². The van der Waals surface area contributed by atoms with Gasteiger partial charge in [0.2, 0.25) is 5.91 Å². The molecule has 2 amide bonds. The predicted octanol–water partition coefficient (Wildman–Crippen LogP) is 1.03. The second kappa shape index (κ2) is 5.50. The van der Waals surface area contributed by atoms with Crippen molar-refractivity contribution in [3.05, 3.63) is 18.0 Å². The number of H-pyrrole nitrogens is 1. The van der Waals surface area contributed by atoms with Crippen LogP contribution in [0.4, 0.5) is 0 Å². The number of aromatic nitrogens is 2. The number of aromatic amines is 1. The van der Waals surface area contributed by atoms with Gasteiger partial charge in [0.05, 0.1) is 0 Å². The van der Waals surface area contributed by atoms with E-state index in [1.165, 1.54) is 0 Å². The molecule has 1 unspecified atom stereocenters. The maximum atomic E-state index is 12.3. The third-order valence-electron chi connectivity index (χ3n) is 4.57. The molecule has 0 radical (unpaired) electrons. The number of nitrogens with one attached hydrogen (secondary N) is 2. The molecular weight excluding hydrogens is 268 g/mol. The van der Waals surface area contributed by atoms with Crippen LogP contribution in [0.25, 0.3) is 0 Å². The highest BCUT2D eigenvalue weighted by Crippen LogP contribution is 2.41. The van der Waals surface area contributed by atoms with Crippen LogP contribution in [0.3, 0.4) is 0 Å². The smallest absolute Gasteiger partial charge is 0.271 e. The van der Waals surface area contributed by atoms with Crippen LogP contribution in [0, 0.1) is 17.8 Å². The predicted molar refractivity (Wildman–Crippen MR) is 77.5 cm³/mol. The molecule has 2 heterocycles. The standard InChI is InChI=1S/C15H22N4O2/c1-9(2)17-14(20)10-5-11-7-19(8-12(11)6-10)15(21)13-3-4-16-18-13/h3-4,9-12H,5-8H2,1-2H3,(H,16,18)(H,17,20)/t10?,11-,12+. The van der Waals surface area contributed by atoms with Crippen LogP contribution in [0.15, 0.2) is 12.3 Å². The van der Waals surface area contributed by atoms with E-state index in [2.05, 4.69) is 15.5 Å². The first-order valence-electron chi connectivity index (χ1n) is 7.63. The lowest BCUT2D eigenvalue weighted by Gasteiger charge is -2.19. The van der Waals surface area contributed by atoms with Gasteiger partial charge in [-0.05, 0) is 44.6 Å². The second-order valence-electron chi connectivity index (χ2n) is 6.53. The zero-order valence-corrected chi connectivity index (χ0v) is 12.5. The minimum Gasteiger partial charge on any atom is -0.354 e. The molecular formula is C15H22N4O2. The summed E-state index contributed by atoms with van der Waals surface area (Å²) < 4.78 is 0. The highest BCUT2D eigenvalue weighted by atomic mass is 16.2. The fourth-order valence-electron chi connectivity index (χ4n) is 3.63. The van der Waals surface area contributed by atoms with E-state index in [1.54, 1.807) is 12.3 Å². The lowest BCUT2D eigenvalue weighted by molar-refractivity contribution is -0.125. The van der Waals surface area contributed by atoms with Crippen molar-refractivity contribution < 1.29 is 9.59 Å². The molecule has 3 atom stereocenters. The monoisotopic (exact) mass is 290 g/mol. The van der Waals surface area contributed by atoms with Gasteiger partial charge in [-0.1, -0.05) is 0 Å². The molecule has 1 aliphatic carbocycles. The molecule has 2 fully saturated rings. The van der Waals surface area contributed by atoms with Crippen LogP contribution < -0.4 is 5.32 Å². The van der Waals surface area contributed by atoms with Gasteiger partial charge in [-0.15, -0.1) is 0 Å². The Labute approximate surface area is 124 Å². The molecule has 114 valence electrons. The van der Waals surface area contributed by atoms with Crippen molar-refractivity contribution >= 4 is 11.8 Å². The van der Waals surface area contributed by atoms with Crippen molar-refractivity contribution in [3.63, 3.8) is 0 Å². The highest BCUT2D eigenvalue weighted by Gasteiger charge is 2.44. The Balaban J connectivity index is 1.57. The van der Waals surface area contributed by atoms with E-state index in [1.807, 2.05) is 18.7 Å². The van der Waals surface area contributed by atoms with Crippen molar-refractivity contribution in [3.8, 4) is 0 Å². The van der Waals surface area contributed by atoms with E-state index < -0.39 is 0 Å². The SMILES string of the molecule is CC(C)NC(=O)C1C[C@@H]2CN(C(=O)c3ccn[nH]3)C[C@@H]2C1. The minimum atomic E-state index is 0.0186. The summed E-state index contributed by atoms with van der Waals surface area (Å²) in [5, 5.41) is 9.54. The van der Waals surface area contributed by atoms with Gasteiger partial charge in [0.1, 0.15) is 5.69 Å². The van der Waals surface area contributed by atoms with E-state index >= 15 is 0 Å². The molecule has 6 nitrogen and oxygen atoms in total. The Hall–Kier alpha value is -1.85. The Bertz CT molecular complexity index is 512. The normalized spacial score (nSPS) is 28.0. The summed E-state index contributed by atoms with van der Waals surface area (Å²) >= 11 is 0. The number of hydrogen-bond acceptors (Lipinski definition) is 3. The largest absolute Gasteiger partial charge is 0.354 e. The van der Waals surface area contributed by atoms with Crippen LogP contribution in [-0.2, 0) is 4.79 Å². The molecule has 0 spiro atoms. The first-order valence-corrected chi connectivity index (χ1v) is 7.63. The molecule has 1 saturated heterocycles. The summed E-state index contributed by atoms with van der Waals surface area (Å²) in [4.78, 5) is 26.2. The number of fused-ring (bicyclic) bond motifs is 1.